The van der Waals surface area contributed by atoms with Crippen molar-refractivity contribution in [3.8, 4) is 0 Å². The molecule has 2 heterocycles. The quantitative estimate of drug-likeness (QED) is 0.789. The molecule has 5 nitrogen and oxygen atoms in total. The molecule has 1 fully saturated rings. The lowest BCUT2D eigenvalue weighted by Crippen LogP contribution is -2.35. The van der Waals surface area contributed by atoms with Crippen molar-refractivity contribution in [3.05, 3.63) is 17.8 Å². The van der Waals surface area contributed by atoms with Crippen molar-refractivity contribution in [1.82, 2.24) is 10.3 Å². The molecule has 17 heavy (non-hydrogen) atoms. The maximum Gasteiger partial charge on any atom is 0.217 e. The summed E-state index contributed by atoms with van der Waals surface area (Å²) in [7, 11) is 0. The van der Waals surface area contributed by atoms with Crippen LogP contribution in [0.25, 0.3) is 0 Å². The number of nitrogens with zero attached hydrogens (tertiary/aromatic N) is 2. The number of pyridine rings is 1. The first-order valence-corrected chi connectivity index (χ1v) is 5.80. The molecule has 1 aromatic heterocycles. The monoisotopic (exact) mass is 234 g/mol. The highest BCUT2D eigenvalue weighted by atomic mass is 16.1. The van der Waals surface area contributed by atoms with Gasteiger partial charge in [-0.3, -0.25) is 4.79 Å². The molecule has 1 saturated heterocycles. The molecule has 0 radical (unpaired) electrons. The molecule has 5 heteroatoms. The Morgan fingerprint density at radius 3 is 3.06 bits per heavy atom. The average molecular weight is 234 g/mol. The average Bonchev–Trinajstić information content (AvgIpc) is 2.65. The number of nitrogens with one attached hydrogen (secondary N) is 1. The van der Waals surface area contributed by atoms with E-state index in [1.165, 1.54) is 0 Å². The molecule has 3 N–H and O–H groups in total. The van der Waals surface area contributed by atoms with Crippen molar-refractivity contribution >= 4 is 17.4 Å². The third kappa shape index (κ3) is 2.67. The van der Waals surface area contributed by atoms with Crippen LogP contribution in [0.5, 0.6) is 0 Å². The number of nitrogens with two attached hydrogens (primary N) is 1. The number of aryl methyl sites for hydroxylation is 1. The zero-order valence-corrected chi connectivity index (χ0v) is 10.2. The van der Waals surface area contributed by atoms with Gasteiger partial charge >= 0.3 is 0 Å². The van der Waals surface area contributed by atoms with Crippen molar-refractivity contribution in [2.24, 2.45) is 0 Å². The predicted octanol–water partition coefficient (Wildman–Crippen LogP) is 0.687. The predicted molar refractivity (Wildman–Crippen MR) is 67.8 cm³/mol. The molecular formula is C12H18N4O. The molecular weight excluding hydrogens is 216 g/mol. The van der Waals surface area contributed by atoms with E-state index in [2.05, 4.69) is 15.2 Å². The Labute approximate surface area is 101 Å². The van der Waals surface area contributed by atoms with E-state index in [9.17, 15) is 4.79 Å². The lowest BCUT2D eigenvalue weighted by Gasteiger charge is -2.19. The number of hydrogen-bond donors (Lipinski definition) is 2. The summed E-state index contributed by atoms with van der Waals surface area (Å²) in [5.74, 6) is 0.838. The van der Waals surface area contributed by atoms with Crippen LogP contribution in [0.3, 0.4) is 0 Å². The number of carbonyl (C=O) groups is 1. The summed E-state index contributed by atoms with van der Waals surface area (Å²) in [6, 6.07) is 2.13. The fourth-order valence-electron chi connectivity index (χ4n) is 2.21. The van der Waals surface area contributed by atoms with Gasteiger partial charge in [0.25, 0.3) is 0 Å². The molecule has 1 atom stereocenters. The minimum atomic E-state index is 0.0155. The van der Waals surface area contributed by atoms with Crippen LogP contribution in [-0.4, -0.2) is 30.0 Å². The Bertz CT molecular complexity index is 433. The van der Waals surface area contributed by atoms with Crippen molar-refractivity contribution in [2.75, 3.05) is 23.7 Å². The van der Waals surface area contributed by atoms with Crippen LogP contribution in [0.15, 0.2) is 12.3 Å². The minimum Gasteiger partial charge on any atom is -0.396 e. The van der Waals surface area contributed by atoms with E-state index in [0.29, 0.717) is 5.69 Å². The summed E-state index contributed by atoms with van der Waals surface area (Å²) < 4.78 is 0. The van der Waals surface area contributed by atoms with Gasteiger partial charge in [0, 0.05) is 32.3 Å². The van der Waals surface area contributed by atoms with Gasteiger partial charge in [-0.1, -0.05) is 0 Å². The van der Waals surface area contributed by atoms with Gasteiger partial charge in [0.1, 0.15) is 0 Å². The number of rotatable bonds is 2. The maximum absolute atomic E-state index is 11.0. The van der Waals surface area contributed by atoms with Gasteiger partial charge < -0.3 is 16.0 Å². The van der Waals surface area contributed by atoms with Crippen molar-refractivity contribution in [3.63, 3.8) is 0 Å². The third-order valence-corrected chi connectivity index (χ3v) is 2.93. The van der Waals surface area contributed by atoms with Gasteiger partial charge in [0.15, 0.2) is 5.82 Å². The fourth-order valence-corrected chi connectivity index (χ4v) is 2.21. The lowest BCUT2D eigenvalue weighted by molar-refractivity contribution is -0.119. The first kappa shape index (κ1) is 11.7. The summed E-state index contributed by atoms with van der Waals surface area (Å²) in [6.07, 6.45) is 2.76. The second-order valence-corrected chi connectivity index (χ2v) is 4.56. The molecule has 1 amide bonds. The van der Waals surface area contributed by atoms with Gasteiger partial charge in [-0.15, -0.1) is 0 Å². The van der Waals surface area contributed by atoms with E-state index < -0.39 is 0 Å². The summed E-state index contributed by atoms with van der Waals surface area (Å²) in [4.78, 5) is 17.5. The Balaban J connectivity index is 2.07. The van der Waals surface area contributed by atoms with Crippen LogP contribution in [0.1, 0.15) is 18.9 Å². The number of amides is 1. The number of nitrogen functional groups attached to an aromatic ring is 1. The van der Waals surface area contributed by atoms with Crippen LogP contribution < -0.4 is 16.0 Å². The summed E-state index contributed by atoms with van der Waals surface area (Å²) in [5, 5.41) is 2.92. The second kappa shape index (κ2) is 4.61. The van der Waals surface area contributed by atoms with Gasteiger partial charge in [-0.05, 0) is 25.0 Å². The van der Waals surface area contributed by atoms with Crippen molar-refractivity contribution in [1.29, 1.82) is 0 Å². The van der Waals surface area contributed by atoms with Gasteiger partial charge in [-0.25, -0.2) is 4.98 Å². The normalized spacial score (nSPS) is 19.4. The van der Waals surface area contributed by atoms with Crippen LogP contribution in [-0.2, 0) is 4.79 Å². The minimum absolute atomic E-state index is 0.0155. The lowest BCUT2D eigenvalue weighted by atomic mass is 10.2. The molecule has 0 aliphatic carbocycles. The molecule has 1 aliphatic heterocycles. The van der Waals surface area contributed by atoms with Crippen molar-refractivity contribution in [2.45, 2.75) is 26.3 Å². The molecule has 1 aromatic rings. The van der Waals surface area contributed by atoms with Crippen LogP contribution in [0, 0.1) is 6.92 Å². The first-order chi connectivity index (χ1) is 8.06. The Morgan fingerprint density at radius 2 is 2.41 bits per heavy atom. The van der Waals surface area contributed by atoms with Gasteiger partial charge in [0.2, 0.25) is 5.91 Å². The molecule has 0 spiro atoms. The number of aromatic nitrogens is 1. The second-order valence-electron chi connectivity index (χ2n) is 4.56. The van der Waals surface area contributed by atoms with E-state index in [1.54, 1.807) is 6.92 Å². The summed E-state index contributed by atoms with van der Waals surface area (Å²) >= 11 is 0. The van der Waals surface area contributed by atoms with E-state index in [0.717, 1.165) is 30.9 Å². The smallest absolute Gasteiger partial charge is 0.217 e. The Morgan fingerprint density at radius 1 is 1.65 bits per heavy atom. The van der Waals surface area contributed by atoms with Crippen LogP contribution in [0.2, 0.25) is 0 Å². The molecule has 0 bridgehead atoms. The highest BCUT2D eigenvalue weighted by molar-refractivity contribution is 5.73. The van der Waals surface area contributed by atoms with Crippen LogP contribution in [0.4, 0.5) is 11.5 Å². The topological polar surface area (TPSA) is 71.2 Å². The van der Waals surface area contributed by atoms with Crippen molar-refractivity contribution < 1.29 is 4.79 Å². The van der Waals surface area contributed by atoms with E-state index in [1.807, 2.05) is 19.2 Å². The molecule has 1 aliphatic rings. The molecule has 0 saturated carbocycles. The Hall–Kier alpha value is -1.78. The zero-order chi connectivity index (χ0) is 12.4. The maximum atomic E-state index is 11.0. The Kier molecular flexibility index (Phi) is 3.17. The number of anilines is 2. The molecule has 0 aromatic carbocycles. The SMILES string of the molecule is CC(=O)NC1CCN(c2ncc(C)cc2N)C1. The number of carbonyl (C=O) groups excluding carboxylic acids is 1. The summed E-state index contributed by atoms with van der Waals surface area (Å²) in [5.41, 5.74) is 7.72. The van der Waals surface area contributed by atoms with Gasteiger partial charge in [-0.2, -0.15) is 0 Å². The standard InChI is InChI=1S/C12H18N4O/c1-8-5-11(13)12(14-6-8)16-4-3-10(7-16)15-9(2)17/h5-6,10H,3-4,7,13H2,1-2H3,(H,15,17). The fraction of sp³-hybridized carbons (Fsp3) is 0.500. The highest BCUT2D eigenvalue weighted by Gasteiger charge is 2.25. The van der Waals surface area contributed by atoms with Crippen LogP contribution >= 0.6 is 0 Å². The van der Waals surface area contributed by atoms with E-state index in [4.69, 9.17) is 5.73 Å². The zero-order valence-electron chi connectivity index (χ0n) is 10.2. The molecule has 2 rings (SSSR count). The highest BCUT2D eigenvalue weighted by Crippen LogP contribution is 2.24. The number of hydrogen-bond acceptors (Lipinski definition) is 4. The molecule has 1 unspecified atom stereocenters. The van der Waals surface area contributed by atoms with E-state index in [-0.39, 0.29) is 11.9 Å². The van der Waals surface area contributed by atoms with E-state index >= 15 is 0 Å². The van der Waals surface area contributed by atoms with Gasteiger partial charge in [0.05, 0.1) is 5.69 Å². The first-order valence-electron chi connectivity index (χ1n) is 5.80. The molecule has 92 valence electrons. The third-order valence-electron chi connectivity index (χ3n) is 2.93. The summed E-state index contributed by atoms with van der Waals surface area (Å²) in [6.45, 7) is 5.17. The largest absolute Gasteiger partial charge is 0.396 e.